The average molecular weight is 394 g/mol. The number of nitrogens with zero attached hydrogens (tertiary/aromatic N) is 2. The van der Waals surface area contributed by atoms with Crippen molar-refractivity contribution in [2.45, 2.75) is 13.5 Å². The number of aromatic nitrogens is 2. The zero-order chi connectivity index (χ0) is 20.9. The molecule has 4 aromatic rings. The van der Waals surface area contributed by atoms with Crippen LogP contribution in [0.15, 0.2) is 85.3 Å². The molecule has 0 aliphatic carbocycles. The number of nitrogens with two attached hydrogens (primary N) is 1. The molecule has 0 aliphatic rings. The number of aryl methyl sites for hydroxylation is 1. The van der Waals surface area contributed by atoms with Gasteiger partial charge in [-0.3, -0.25) is 9.78 Å². The molecule has 2 heterocycles. The molecule has 0 saturated heterocycles. The summed E-state index contributed by atoms with van der Waals surface area (Å²) in [5, 5.41) is 2.94. The van der Waals surface area contributed by atoms with E-state index in [9.17, 15) is 4.79 Å². The number of rotatable bonds is 5. The summed E-state index contributed by atoms with van der Waals surface area (Å²) in [6.45, 7) is 2.51. The number of anilines is 1. The Bertz CT molecular complexity index is 1170. The summed E-state index contributed by atoms with van der Waals surface area (Å²) in [5.41, 5.74) is 12.7. The van der Waals surface area contributed by atoms with Crippen molar-refractivity contribution in [1.82, 2.24) is 15.3 Å². The summed E-state index contributed by atoms with van der Waals surface area (Å²) in [6, 6.07) is 21.2. The van der Waals surface area contributed by atoms with Crippen molar-refractivity contribution < 1.29 is 4.79 Å². The number of hydrogen-bond acceptors (Lipinski definition) is 4. The maximum atomic E-state index is 12.5. The van der Waals surface area contributed by atoms with Gasteiger partial charge in [0, 0.05) is 41.8 Å². The minimum Gasteiger partial charge on any atom is -0.383 e. The van der Waals surface area contributed by atoms with Gasteiger partial charge in [0.05, 0.1) is 0 Å². The quantitative estimate of drug-likeness (QED) is 0.517. The van der Waals surface area contributed by atoms with Gasteiger partial charge in [-0.25, -0.2) is 4.98 Å². The molecule has 0 aliphatic heterocycles. The summed E-state index contributed by atoms with van der Waals surface area (Å²) < 4.78 is 0. The SMILES string of the molecule is Cc1cnccc1-c1cnc(N)c(-c2ccc(C(=O)NCc3ccccc3)cc2)c1. The van der Waals surface area contributed by atoms with Crippen molar-refractivity contribution in [3.63, 3.8) is 0 Å². The Kier molecular flexibility index (Phi) is 5.52. The molecule has 0 unspecified atom stereocenters. The van der Waals surface area contributed by atoms with Crippen LogP contribution in [-0.4, -0.2) is 15.9 Å². The van der Waals surface area contributed by atoms with Crippen molar-refractivity contribution in [2.75, 3.05) is 5.73 Å². The van der Waals surface area contributed by atoms with Gasteiger partial charge in [-0.05, 0) is 53.4 Å². The normalized spacial score (nSPS) is 10.6. The molecule has 5 heteroatoms. The Labute approximate surface area is 175 Å². The molecule has 0 spiro atoms. The zero-order valence-corrected chi connectivity index (χ0v) is 16.7. The van der Waals surface area contributed by atoms with Crippen molar-refractivity contribution in [3.8, 4) is 22.3 Å². The fourth-order valence-corrected chi connectivity index (χ4v) is 3.33. The number of amides is 1. The zero-order valence-electron chi connectivity index (χ0n) is 16.7. The molecule has 2 aromatic carbocycles. The van der Waals surface area contributed by atoms with E-state index in [1.807, 2.05) is 67.7 Å². The number of pyridine rings is 2. The second-order valence-electron chi connectivity index (χ2n) is 7.09. The maximum Gasteiger partial charge on any atom is 0.251 e. The molecule has 0 fully saturated rings. The van der Waals surface area contributed by atoms with E-state index in [1.54, 1.807) is 24.5 Å². The van der Waals surface area contributed by atoms with Crippen LogP contribution in [0.25, 0.3) is 22.3 Å². The Balaban J connectivity index is 1.54. The largest absolute Gasteiger partial charge is 0.383 e. The molecular formula is C25H22N4O. The van der Waals surface area contributed by atoms with Crippen LogP contribution < -0.4 is 11.1 Å². The lowest BCUT2D eigenvalue weighted by molar-refractivity contribution is 0.0951. The van der Waals surface area contributed by atoms with Gasteiger partial charge in [0.25, 0.3) is 5.91 Å². The van der Waals surface area contributed by atoms with Crippen LogP contribution >= 0.6 is 0 Å². The standard InChI is InChI=1S/C25H22N4O/c1-17-14-27-12-11-22(17)21-13-23(24(26)28-16-21)19-7-9-20(10-8-19)25(30)29-15-18-5-3-2-4-6-18/h2-14,16H,15H2,1H3,(H2,26,28)(H,29,30). The van der Waals surface area contributed by atoms with Gasteiger partial charge in [-0.2, -0.15) is 0 Å². The molecule has 148 valence electrons. The Morgan fingerprint density at radius 3 is 2.43 bits per heavy atom. The molecular weight excluding hydrogens is 372 g/mol. The molecule has 0 bridgehead atoms. The van der Waals surface area contributed by atoms with Crippen LogP contribution in [0.4, 0.5) is 5.82 Å². The average Bonchev–Trinajstić information content (AvgIpc) is 2.79. The molecule has 0 saturated carbocycles. The van der Waals surface area contributed by atoms with Crippen molar-refractivity contribution in [3.05, 3.63) is 102 Å². The van der Waals surface area contributed by atoms with Crippen molar-refractivity contribution in [1.29, 1.82) is 0 Å². The number of benzene rings is 2. The molecule has 2 aromatic heterocycles. The van der Waals surface area contributed by atoms with Crippen molar-refractivity contribution in [2.24, 2.45) is 0 Å². The molecule has 30 heavy (non-hydrogen) atoms. The predicted molar refractivity (Wildman–Crippen MR) is 120 cm³/mol. The number of carbonyl (C=O) groups excluding carboxylic acids is 1. The minimum atomic E-state index is -0.113. The first-order valence-corrected chi connectivity index (χ1v) is 9.71. The highest BCUT2D eigenvalue weighted by Crippen LogP contribution is 2.30. The molecule has 5 nitrogen and oxygen atoms in total. The third-order valence-electron chi connectivity index (χ3n) is 5.00. The molecule has 1 amide bonds. The third-order valence-corrected chi connectivity index (χ3v) is 5.00. The van der Waals surface area contributed by atoms with E-state index in [4.69, 9.17) is 5.73 Å². The van der Waals surface area contributed by atoms with Gasteiger partial charge in [-0.15, -0.1) is 0 Å². The van der Waals surface area contributed by atoms with Gasteiger partial charge in [0.15, 0.2) is 0 Å². The highest BCUT2D eigenvalue weighted by Gasteiger charge is 2.10. The number of hydrogen-bond donors (Lipinski definition) is 2. The van der Waals surface area contributed by atoms with Crippen LogP contribution in [0.1, 0.15) is 21.5 Å². The van der Waals surface area contributed by atoms with Crippen LogP contribution in [0.2, 0.25) is 0 Å². The second-order valence-corrected chi connectivity index (χ2v) is 7.09. The summed E-state index contributed by atoms with van der Waals surface area (Å²) in [7, 11) is 0. The topological polar surface area (TPSA) is 80.9 Å². The van der Waals surface area contributed by atoms with E-state index in [-0.39, 0.29) is 5.91 Å². The van der Waals surface area contributed by atoms with Crippen LogP contribution in [0, 0.1) is 6.92 Å². The number of nitrogens with one attached hydrogen (secondary N) is 1. The van der Waals surface area contributed by atoms with E-state index in [2.05, 4.69) is 15.3 Å². The first-order chi connectivity index (χ1) is 14.6. The van der Waals surface area contributed by atoms with E-state index in [0.717, 1.165) is 33.4 Å². The van der Waals surface area contributed by atoms with Crippen molar-refractivity contribution >= 4 is 11.7 Å². The highest BCUT2D eigenvalue weighted by molar-refractivity contribution is 5.95. The summed E-state index contributed by atoms with van der Waals surface area (Å²) in [5.74, 6) is 0.337. The Morgan fingerprint density at radius 1 is 0.933 bits per heavy atom. The van der Waals surface area contributed by atoms with E-state index in [0.29, 0.717) is 17.9 Å². The van der Waals surface area contributed by atoms with E-state index < -0.39 is 0 Å². The Hall–Kier alpha value is -3.99. The summed E-state index contributed by atoms with van der Waals surface area (Å²) >= 11 is 0. The minimum absolute atomic E-state index is 0.113. The van der Waals surface area contributed by atoms with Crippen LogP contribution in [0.3, 0.4) is 0 Å². The fourth-order valence-electron chi connectivity index (χ4n) is 3.33. The maximum absolute atomic E-state index is 12.5. The lowest BCUT2D eigenvalue weighted by Gasteiger charge is -2.11. The smallest absolute Gasteiger partial charge is 0.251 e. The van der Waals surface area contributed by atoms with Crippen LogP contribution in [0.5, 0.6) is 0 Å². The third kappa shape index (κ3) is 4.20. The van der Waals surface area contributed by atoms with Crippen LogP contribution in [-0.2, 0) is 6.54 Å². The summed E-state index contributed by atoms with van der Waals surface area (Å²) in [6.07, 6.45) is 5.36. The molecule has 0 atom stereocenters. The second kappa shape index (κ2) is 8.57. The van der Waals surface area contributed by atoms with Gasteiger partial charge < -0.3 is 11.1 Å². The van der Waals surface area contributed by atoms with Gasteiger partial charge in [-0.1, -0.05) is 42.5 Å². The van der Waals surface area contributed by atoms with Gasteiger partial charge >= 0.3 is 0 Å². The first-order valence-electron chi connectivity index (χ1n) is 9.71. The van der Waals surface area contributed by atoms with Gasteiger partial charge in [0.2, 0.25) is 0 Å². The highest BCUT2D eigenvalue weighted by atomic mass is 16.1. The monoisotopic (exact) mass is 394 g/mol. The lowest BCUT2D eigenvalue weighted by Crippen LogP contribution is -2.22. The number of carbonyl (C=O) groups is 1. The van der Waals surface area contributed by atoms with E-state index in [1.165, 1.54) is 0 Å². The van der Waals surface area contributed by atoms with Gasteiger partial charge in [0.1, 0.15) is 5.82 Å². The molecule has 0 radical (unpaired) electrons. The number of nitrogen functional groups attached to an aromatic ring is 1. The fraction of sp³-hybridized carbons (Fsp3) is 0.0800. The lowest BCUT2D eigenvalue weighted by atomic mass is 9.98. The predicted octanol–water partition coefficient (Wildman–Crippen LogP) is 4.63. The first kappa shape index (κ1) is 19.3. The Morgan fingerprint density at radius 2 is 1.70 bits per heavy atom. The molecule has 4 rings (SSSR count). The summed E-state index contributed by atoms with van der Waals surface area (Å²) in [4.78, 5) is 21.0. The molecule has 3 N–H and O–H groups in total. The van der Waals surface area contributed by atoms with E-state index >= 15 is 0 Å².